The van der Waals surface area contributed by atoms with E-state index < -0.39 is 12.3 Å². The van der Waals surface area contributed by atoms with Crippen LogP contribution in [0.1, 0.15) is 46.6 Å². The molecule has 2 aromatic heterocycles. The van der Waals surface area contributed by atoms with Crippen molar-refractivity contribution in [3.05, 3.63) is 46.5 Å². The normalized spacial score (nSPS) is 14.6. The third-order valence-corrected chi connectivity index (χ3v) is 6.17. The lowest BCUT2D eigenvalue weighted by Crippen LogP contribution is -2.17. The maximum atomic E-state index is 12.7. The molecule has 9 heteroatoms. The summed E-state index contributed by atoms with van der Waals surface area (Å²) in [6, 6.07) is 7.01. The number of nitrogens with two attached hydrogens (primary N) is 1. The van der Waals surface area contributed by atoms with Crippen molar-refractivity contribution in [3.8, 4) is 5.75 Å². The number of aromatic nitrogens is 1. The number of nitrogen functional groups attached to an aromatic ring is 1. The number of nitrogens with zero attached hydrogens (tertiary/aromatic N) is 1. The van der Waals surface area contributed by atoms with Crippen molar-refractivity contribution in [2.24, 2.45) is 0 Å². The molecule has 5 nitrogen and oxygen atoms in total. The van der Waals surface area contributed by atoms with E-state index in [9.17, 15) is 18.0 Å². The molecule has 0 saturated carbocycles. The van der Waals surface area contributed by atoms with Gasteiger partial charge in [0, 0.05) is 16.8 Å². The van der Waals surface area contributed by atoms with E-state index in [1.165, 1.54) is 41.9 Å². The zero-order chi connectivity index (χ0) is 21.3. The maximum absolute atomic E-state index is 12.7. The number of aryl methyl sites for hydroxylation is 2. The summed E-state index contributed by atoms with van der Waals surface area (Å²) < 4.78 is 40.6. The summed E-state index contributed by atoms with van der Waals surface area (Å²) in [5.41, 5.74) is 9.24. The van der Waals surface area contributed by atoms with Crippen LogP contribution < -0.4 is 15.8 Å². The minimum absolute atomic E-state index is 0.339. The number of amides is 1. The molecule has 0 bridgehead atoms. The summed E-state index contributed by atoms with van der Waals surface area (Å²) in [7, 11) is 0. The predicted octanol–water partition coefficient (Wildman–Crippen LogP) is 5.69. The van der Waals surface area contributed by atoms with Crippen LogP contribution in [0.3, 0.4) is 0 Å². The second kappa shape index (κ2) is 8.14. The lowest BCUT2D eigenvalue weighted by atomic mass is 9.96. The van der Waals surface area contributed by atoms with Gasteiger partial charge < -0.3 is 15.8 Å². The van der Waals surface area contributed by atoms with E-state index in [0.29, 0.717) is 16.3 Å². The fourth-order valence-corrected chi connectivity index (χ4v) is 4.60. The standard InChI is InChI=1S/C21H20F3N3O2S/c22-21(23,24)29-14-9-7-13(8-10-14)26-19(28)18-17(25)15-11-12-5-3-1-2-4-6-16(12)27-20(15)30-18/h7-11H,1-6,25H2,(H,26,28). The number of rotatable bonds is 3. The molecule has 3 N–H and O–H groups in total. The van der Waals surface area contributed by atoms with Gasteiger partial charge in [-0.05, 0) is 61.6 Å². The van der Waals surface area contributed by atoms with Crippen LogP contribution in [0.5, 0.6) is 5.75 Å². The van der Waals surface area contributed by atoms with Gasteiger partial charge in [-0.25, -0.2) is 4.98 Å². The summed E-state index contributed by atoms with van der Waals surface area (Å²) >= 11 is 1.23. The number of halogens is 3. The number of pyridine rings is 1. The third-order valence-electron chi connectivity index (χ3n) is 5.05. The average molecular weight is 435 g/mol. The smallest absolute Gasteiger partial charge is 0.406 e. The van der Waals surface area contributed by atoms with Crippen LogP contribution in [0.4, 0.5) is 24.5 Å². The fourth-order valence-electron chi connectivity index (χ4n) is 3.61. The summed E-state index contributed by atoms with van der Waals surface area (Å²) in [6.07, 6.45) is 1.75. The largest absolute Gasteiger partial charge is 0.573 e. The van der Waals surface area contributed by atoms with Gasteiger partial charge in [-0.15, -0.1) is 24.5 Å². The number of ether oxygens (including phenoxy) is 1. The highest BCUT2D eigenvalue weighted by atomic mass is 32.1. The quantitative estimate of drug-likeness (QED) is 0.554. The van der Waals surface area contributed by atoms with Gasteiger partial charge in [0.1, 0.15) is 15.5 Å². The first-order valence-electron chi connectivity index (χ1n) is 9.68. The summed E-state index contributed by atoms with van der Waals surface area (Å²) in [4.78, 5) is 18.6. The molecule has 3 aromatic rings. The van der Waals surface area contributed by atoms with Crippen molar-refractivity contribution in [1.82, 2.24) is 4.98 Å². The van der Waals surface area contributed by atoms with Crippen LogP contribution in [0.15, 0.2) is 30.3 Å². The SMILES string of the molecule is Nc1c(C(=O)Nc2ccc(OC(F)(F)F)cc2)sc2nc3c(cc12)CCCCCC3. The topological polar surface area (TPSA) is 77.2 Å². The molecular weight excluding hydrogens is 415 g/mol. The Balaban J connectivity index is 1.56. The number of alkyl halides is 3. The highest BCUT2D eigenvalue weighted by Gasteiger charge is 2.31. The molecule has 158 valence electrons. The lowest BCUT2D eigenvalue weighted by molar-refractivity contribution is -0.274. The van der Waals surface area contributed by atoms with Crippen molar-refractivity contribution in [3.63, 3.8) is 0 Å². The van der Waals surface area contributed by atoms with E-state index >= 15 is 0 Å². The van der Waals surface area contributed by atoms with Gasteiger partial charge in [-0.2, -0.15) is 0 Å². The molecule has 0 atom stereocenters. The monoisotopic (exact) mass is 435 g/mol. The van der Waals surface area contributed by atoms with Gasteiger partial charge in [0.15, 0.2) is 0 Å². The Labute approximate surface area is 175 Å². The third kappa shape index (κ3) is 4.51. The lowest BCUT2D eigenvalue weighted by Gasteiger charge is -2.12. The number of thiophene rings is 1. The number of hydrogen-bond acceptors (Lipinski definition) is 5. The van der Waals surface area contributed by atoms with Gasteiger partial charge >= 0.3 is 6.36 Å². The van der Waals surface area contributed by atoms with E-state index in [0.717, 1.165) is 53.7 Å². The van der Waals surface area contributed by atoms with Crippen LogP contribution in [-0.2, 0) is 12.8 Å². The van der Waals surface area contributed by atoms with Crippen molar-refractivity contribution in [2.45, 2.75) is 44.9 Å². The predicted molar refractivity (Wildman–Crippen MR) is 111 cm³/mol. The summed E-state index contributed by atoms with van der Waals surface area (Å²) in [5, 5.41) is 3.44. The Bertz CT molecular complexity index is 1080. The molecule has 1 aromatic carbocycles. The number of hydrogen-bond donors (Lipinski definition) is 2. The van der Waals surface area contributed by atoms with Crippen molar-refractivity contribution in [1.29, 1.82) is 0 Å². The molecule has 0 saturated heterocycles. The van der Waals surface area contributed by atoms with E-state index in [1.807, 2.05) is 0 Å². The number of benzene rings is 1. The van der Waals surface area contributed by atoms with Gasteiger partial charge in [0.05, 0.1) is 5.69 Å². The number of carbonyl (C=O) groups excluding carboxylic acids is 1. The summed E-state index contributed by atoms with van der Waals surface area (Å²) in [5.74, 6) is -0.782. The summed E-state index contributed by atoms with van der Waals surface area (Å²) in [6.45, 7) is 0. The maximum Gasteiger partial charge on any atom is 0.573 e. The molecular formula is C21H20F3N3O2S. The second-order valence-electron chi connectivity index (χ2n) is 7.23. The van der Waals surface area contributed by atoms with E-state index in [1.54, 1.807) is 0 Å². The first-order chi connectivity index (χ1) is 14.3. The highest BCUT2D eigenvalue weighted by molar-refractivity contribution is 7.21. The zero-order valence-electron chi connectivity index (χ0n) is 16.0. The van der Waals surface area contributed by atoms with E-state index in [4.69, 9.17) is 10.7 Å². The Hall–Kier alpha value is -2.81. The van der Waals surface area contributed by atoms with Crippen molar-refractivity contribution in [2.75, 3.05) is 11.1 Å². The second-order valence-corrected chi connectivity index (χ2v) is 8.23. The molecule has 0 fully saturated rings. The Morgan fingerprint density at radius 3 is 2.50 bits per heavy atom. The zero-order valence-corrected chi connectivity index (χ0v) is 16.8. The number of fused-ring (bicyclic) bond motifs is 2. The van der Waals surface area contributed by atoms with Crippen LogP contribution in [0.2, 0.25) is 0 Å². The molecule has 2 heterocycles. The molecule has 0 spiro atoms. The molecule has 0 unspecified atom stereocenters. The fraction of sp³-hybridized carbons (Fsp3) is 0.333. The van der Waals surface area contributed by atoms with E-state index in [2.05, 4.69) is 16.1 Å². The Kier molecular flexibility index (Phi) is 5.55. The van der Waals surface area contributed by atoms with Crippen LogP contribution in [0, 0.1) is 0 Å². The average Bonchev–Trinajstić information content (AvgIpc) is 2.98. The number of carbonyl (C=O) groups is 1. The number of anilines is 2. The molecule has 30 heavy (non-hydrogen) atoms. The first kappa shape index (κ1) is 20.5. The molecule has 1 aliphatic rings. The van der Waals surface area contributed by atoms with Crippen LogP contribution in [-0.4, -0.2) is 17.3 Å². The minimum atomic E-state index is -4.76. The number of nitrogens with one attached hydrogen (secondary N) is 1. The van der Waals surface area contributed by atoms with Crippen molar-refractivity contribution >= 4 is 38.8 Å². The molecule has 0 radical (unpaired) electrons. The molecule has 1 amide bonds. The minimum Gasteiger partial charge on any atom is -0.406 e. The van der Waals surface area contributed by atoms with Crippen molar-refractivity contribution < 1.29 is 22.7 Å². The highest BCUT2D eigenvalue weighted by Crippen LogP contribution is 2.35. The van der Waals surface area contributed by atoms with Crippen LogP contribution >= 0.6 is 11.3 Å². The molecule has 4 rings (SSSR count). The van der Waals surface area contributed by atoms with Crippen LogP contribution in [0.25, 0.3) is 10.2 Å². The van der Waals surface area contributed by atoms with Gasteiger partial charge in [0.25, 0.3) is 5.91 Å². The molecule has 1 aliphatic carbocycles. The molecule has 0 aliphatic heterocycles. The van der Waals surface area contributed by atoms with E-state index in [-0.39, 0.29) is 5.75 Å². The Morgan fingerprint density at radius 2 is 1.80 bits per heavy atom. The van der Waals surface area contributed by atoms with Gasteiger partial charge in [-0.1, -0.05) is 12.8 Å². The van der Waals surface area contributed by atoms with Gasteiger partial charge in [-0.3, -0.25) is 4.79 Å². The Morgan fingerprint density at radius 1 is 1.10 bits per heavy atom. The first-order valence-corrected chi connectivity index (χ1v) is 10.5. The van der Waals surface area contributed by atoms with Gasteiger partial charge in [0.2, 0.25) is 0 Å².